The second kappa shape index (κ2) is 9.50. The number of aryl methyl sites for hydroxylation is 1. The fraction of sp³-hybridized carbons (Fsp3) is 0.240. The summed E-state index contributed by atoms with van der Waals surface area (Å²) in [6.45, 7) is 1.72. The Kier molecular flexibility index (Phi) is 6.65. The monoisotopic (exact) mass is 486 g/mol. The fourth-order valence-corrected chi connectivity index (χ4v) is 5.08. The third-order valence-corrected chi connectivity index (χ3v) is 6.80. The number of pyridine rings is 1. The number of thioether (sulfide) groups is 1. The van der Waals surface area contributed by atoms with Crippen LogP contribution in [-0.2, 0) is 30.4 Å². The molecule has 4 rings (SSSR count). The van der Waals surface area contributed by atoms with Crippen molar-refractivity contribution in [1.29, 1.82) is 0 Å². The first-order valence-electron chi connectivity index (χ1n) is 10.6. The lowest BCUT2D eigenvalue weighted by Gasteiger charge is -2.34. The van der Waals surface area contributed by atoms with Crippen molar-refractivity contribution in [1.82, 2.24) is 4.98 Å². The maximum Gasteiger partial charge on any atom is 0.416 e. The number of hydrogen-bond acceptors (Lipinski definition) is 4. The van der Waals surface area contributed by atoms with Gasteiger partial charge in [0.25, 0.3) is 0 Å². The van der Waals surface area contributed by atoms with Gasteiger partial charge in [0.2, 0.25) is 5.91 Å². The summed E-state index contributed by atoms with van der Waals surface area (Å²) >= 11 is 1.28. The van der Waals surface area contributed by atoms with E-state index in [9.17, 15) is 22.8 Å². The van der Waals surface area contributed by atoms with Gasteiger partial charge in [0.15, 0.2) is 0 Å². The smallest absolute Gasteiger partial charge is 0.416 e. The summed E-state index contributed by atoms with van der Waals surface area (Å²) in [5.41, 5.74) is 1.42. The second-order valence-electron chi connectivity index (χ2n) is 7.87. The van der Waals surface area contributed by atoms with Crippen molar-refractivity contribution in [3.05, 3.63) is 88.6 Å². The third kappa shape index (κ3) is 4.94. The minimum Gasteiger partial charge on any atom is -0.478 e. The summed E-state index contributed by atoms with van der Waals surface area (Å²) in [5.74, 6) is -1.36. The molecule has 1 atom stereocenters. The molecule has 1 amide bonds. The lowest BCUT2D eigenvalue weighted by Crippen LogP contribution is -2.42. The van der Waals surface area contributed by atoms with Gasteiger partial charge in [-0.05, 0) is 54.3 Å². The van der Waals surface area contributed by atoms with E-state index in [1.54, 1.807) is 24.3 Å². The number of carbonyl (C=O) groups excluding carboxylic acids is 1. The summed E-state index contributed by atoms with van der Waals surface area (Å²) in [7, 11) is 0. The standard InChI is InChI=1S/C25H21F3N2O3S/c1-2-18-11-12-20-22(29-18)34-21(13-15-7-9-16(10-8-15)24(32)33)23(31)30(20)14-17-5-3-4-6-19(17)25(26,27)28/h3-12,21H,2,13-14H2,1H3,(H,32,33). The number of rotatable bonds is 6. The number of alkyl halides is 3. The van der Waals surface area contributed by atoms with E-state index in [-0.39, 0.29) is 30.0 Å². The highest BCUT2D eigenvalue weighted by molar-refractivity contribution is 8.00. The number of fused-ring (bicyclic) bond motifs is 1. The van der Waals surface area contributed by atoms with Crippen molar-refractivity contribution >= 4 is 29.3 Å². The number of halogens is 3. The van der Waals surface area contributed by atoms with E-state index >= 15 is 0 Å². The van der Waals surface area contributed by atoms with Gasteiger partial charge in [-0.1, -0.05) is 49.0 Å². The topological polar surface area (TPSA) is 70.5 Å². The quantitative estimate of drug-likeness (QED) is 0.490. The second-order valence-corrected chi connectivity index (χ2v) is 9.06. The number of aromatic nitrogens is 1. The first-order valence-corrected chi connectivity index (χ1v) is 11.5. The summed E-state index contributed by atoms with van der Waals surface area (Å²) in [6.07, 6.45) is -3.57. The van der Waals surface area contributed by atoms with Crippen LogP contribution in [0.15, 0.2) is 65.7 Å². The molecule has 0 bridgehead atoms. The number of benzene rings is 2. The van der Waals surface area contributed by atoms with Gasteiger partial charge in [-0.3, -0.25) is 4.79 Å². The van der Waals surface area contributed by atoms with Crippen LogP contribution in [0.5, 0.6) is 0 Å². The number of nitrogens with zero attached hydrogens (tertiary/aromatic N) is 2. The Bertz CT molecular complexity index is 1230. The van der Waals surface area contributed by atoms with Gasteiger partial charge < -0.3 is 10.0 Å². The fourth-order valence-electron chi connectivity index (χ4n) is 3.83. The molecule has 0 radical (unpaired) electrons. The van der Waals surface area contributed by atoms with Crippen LogP contribution in [-0.4, -0.2) is 27.2 Å². The van der Waals surface area contributed by atoms with E-state index in [0.717, 1.165) is 17.3 Å². The SMILES string of the molecule is CCc1ccc2c(n1)SC(Cc1ccc(C(=O)O)cc1)C(=O)N2Cc1ccccc1C(F)(F)F. The Hall–Kier alpha value is -3.33. The molecular formula is C25H21F3N2O3S. The van der Waals surface area contributed by atoms with Gasteiger partial charge in [0, 0.05) is 5.69 Å². The average molecular weight is 487 g/mol. The van der Waals surface area contributed by atoms with E-state index in [4.69, 9.17) is 5.11 Å². The van der Waals surface area contributed by atoms with Crippen LogP contribution in [0.4, 0.5) is 18.9 Å². The van der Waals surface area contributed by atoms with E-state index in [1.807, 2.05) is 6.92 Å². The van der Waals surface area contributed by atoms with E-state index in [0.29, 0.717) is 17.1 Å². The average Bonchev–Trinajstić information content (AvgIpc) is 2.81. The van der Waals surface area contributed by atoms with Gasteiger partial charge in [-0.2, -0.15) is 13.2 Å². The molecule has 0 aliphatic carbocycles. The van der Waals surface area contributed by atoms with Crippen molar-refractivity contribution in [2.24, 2.45) is 0 Å². The molecule has 2 heterocycles. The first kappa shape index (κ1) is 23.8. The highest BCUT2D eigenvalue weighted by Gasteiger charge is 2.38. The zero-order valence-corrected chi connectivity index (χ0v) is 19.0. The number of amides is 1. The van der Waals surface area contributed by atoms with Crippen molar-refractivity contribution in [3.8, 4) is 0 Å². The van der Waals surface area contributed by atoms with Crippen LogP contribution >= 0.6 is 11.8 Å². The Morgan fingerprint density at radius 2 is 1.79 bits per heavy atom. The molecule has 1 N–H and O–H groups in total. The van der Waals surface area contributed by atoms with Gasteiger partial charge in [0.1, 0.15) is 5.03 Å². The van der Waals surface area contributed by atoms with Crippen LogP contribution in [0.25, 0.3) is 0 Å². The van der Waals surface area contributed by atoms with Crippen molar-refractivity contribution in [2.45, 2.75) is 42.8 Å². The Morgan fingerprint density at radius 1 is 1.09 bits per heavy atom. The van der Waals surface area contributed by atoms with Gasteiger partial charge in [0.05, 0.1) is 28.6 Å². The molecule has 1 aliphatic heterocycles. The highest BCUT2D eigenvalue weighted by atomic mass is 32.2. The van der Waals surface area contributed by atoms with E-state index < -0.39 is 23.0 Å². The predicted molar refractivity (Wildman–Crippen MR) is 123 cm³/mol. The van der Waals surface area contributed by atoms with Gasteiger partial charge in [-0.15, -0.1) is 0 Å². The third-order valence-electron chi connectivity index (χ3n) is 5.62. The maximum atomic E-state index is 13.6. The van der Waals surface area contributed by atoms with Gasteiger partial charge >= 0.3 is 12.1 Å². The molecule has 3 aromatic rings. The molecular weight excluding hydrogens is 465 g/mol. The lowest BCUT2D eigenvalue weighted by atomic mass is 10.0. The lowest BCUT2D eigenvalue weighted by molar-refractivity contribution is -0.138. The number of anilines is 1. The van der Waals surface area contributed by atoms with E-state index in [1.165, 1.54) is 47.0 Å². The van der Waals surface area contributed by atoms with Crippen LogP contribution in [0.1, 0.15) is 39.7 Å². The number of aromatic carboxylic acids is 1. The van der Waals surface area contributed by atoms with Crippen LogP contribution < -0.4 is 4.90 Å². The van der Waals surface area contributed by atoms with Crippen molar-refractivity contribution < 1.29 is 27.9 Å². The normalized spacial score (nSPS) is 15.8. The van der Waals surface area contributed by atoms with E-state index in [2.05, 4.69) is 4.98 Å². The molecule has 2 aromatic carbocycles. The van der Waals surface area contributed by atoms with Crippen LogP contribution in [0, 0.1) is 0 Å². The maximum absolute atomic E-state index is 13.6. The molecule has 9 heteroatoms. The highest BCUT2D eigenvalue weighted by Crippen LogP contribution is 2.41. The number of carbonyl (C=O) groups is 2. The molecule has 1 aliphatic rings. The van der Waals surface area contributed by atoms with Crippen LogP contribution in [0.2, 0.25) is 0 Å². The zero-order chi connectivity index (χ0) is 24.5. The first-order chi connectivity index (χ1) is 16.2. The molecule has 176 valence electrons. The zero-order valence-electron chi connectivity index (χ0n) is 18.2. The van der Waals surface area contributed by atoms with Crippen molar-refractivity contribution in [3.63, 3.8) is 0 Å². The summed E-state index contributed by atoms with van der Waals surface area (Å²) in [4.78, 5) is 30.6. The van der Waals surface area contributed by atoms with Gasteiger partial charge in [-0.25, -0.2) is 9.78 Å². The molecule has 5 nitrogen and oxygen atoms in total. The molecule has 0 spiro atoms. The number of carboxylic acid groups (broad SMARTS) is 1. The minimum absolute atomic E-state index is 0.00493. The Morgan fingerprint density at radius 3 is 2.44 bits per heavy atom. The molecule has 0 fully saturated rings. The number of carboxylic acids is 1. The van der Waals surface area contributed by atoms with Crippen LogP contribution in [0.3, 0.4) is 0 Å². The summed E-state index contributed by atoms with van der Waals surface area (Å²) < 4.78 is 40.8. The molecule has 1 unspecified atom stereocenters. The molecule has 34 heavy (non-hydrogen) atoms. The summed E-state index contributed by atoms with van der Waals surface area (Å²) in [5, 5.41) is 9.08. The molecule has 0 saturated heterocycles. The predicted octanol–water partition coefficient (Wildman–Crippen LogP) is 5.61. The molecule has 1 aromatic heterocycles. The largest absolute Gasteiger partial charge is 0.478 e. The molecule has 0 saturated carbocycles. The van der Waals surface area contributed by atoms with Crippen molar-refractivity contribution in [2.75, 3.05) is 4.90 Å². The minimum atomic E-state index is -4.54. The Labute approximate surface area is 198 Å². The summed E-state index contributed by atoms with van der Waals surface area (Å²) in [6, 6.07) is 15.0. The number of hydrogen-bond donors (Lipinski definition) is 1. The Balaban J connectivity index is 1.69.